The van der Waals surface area contributed by atoms with Crippen molar-refractivity contribution in [2.75, 3.05) is 32.5 Å². The summed E-state index contributed by atoms with van der Waals surface area (Å²) in [4.78, 5) is 26.9. The van der Waals surface area contributed by atoms with Crippen LogP contribution in [-0.4, -0.2) is 63.4 Å². The van der Waals surface area contributed by atoms with Crippen molar-refractivity contribution in [1.82, 2.24) is 19.9 Å². The van der Waals surface area contributed by atoms with Crippen molar-refractivity contribution in [3.8, 4) is 5.75 Å². The number of rotatable bonds is 13. The molecule has 0 aliphatic carbocycles. The highest BCUT2D eigenvalue weighted by molar-refractivity contribution is 7.99. The number of pyridine rings is 1. The molecule has 0 bridgehead atoms. The van der Waals surface area contributed by atoms with Crippen molar-refractivity contribution in [1.29, 1.82) is 0 Å². The Balaban J connectivity index is 1.28. The van der Waals surface area contributed by atoms with Gasteiger partial charge in [0.25, 0.3) is 0 Å². The zero-order valence-corrected chi connectivity index (χ0v) is 21.8. The van der Waals surface area contributed by atoms with Crippen LogP contribution in [0.25, 0.3) is 10.9 Å². The molecule has 3 heterocycles. The second-order valence-electron chi connectivity index (χ2n) is 9.52. The van der Waals surface area contributed by atoms with Gasteiger partial charge in [-0.15, -0.1) is 0 Å². The van der Waals surface area contributed by atoms with Gasteiger partial charge in [0.2, 0.25) is 0 Å². The lowest BCUT2D eigenvalue weighted by Gasteiger charge is -2.39. The second kappa shape index (κ2) is 13.6. The molecule has 1 saturated heterocycles. The Hall–Kier alpha value is -2.71. The van der Waals surface area contributed by atoms with Crippen LogP contribution < -0.4 is 4.74 Å². The van der Waals surface area contributed by atoms with Crippen molar-refractivity contribution in [2.45, 2.75) is 50.1 Å². The van der Waals surface area contributed by atoms with E-state index in [2.05, 4.69) is 32.0 Å². The molecule has 36 heavy (non-hydrogen) atoms. The zero-order valence-electron chi connectivity index (χ0n) is 21.0. The number of ether oxygens (including phenoxy) is 1. The van der Waals surface area contributed by atoms with Gasteiger partial charge in [0, 0.05) is 42.7 Å². The number of benzene rings is 1. The number of likely N-dealkylation sites (tertiary alicyclic amines) is 1. The molecule has 0 amide bonds. The molecule has 4 rings (SSSR count). The van der Waals surface area contributed by atoms with Gasteiger partial charge in [-0.2, -0.15) is 0 Å². The molecular weight excluding hydrogens is 472 g/mol. The summed E-state index contributed by atoms with van der Waals surface area (Å²) in [6, 6.07) is 10.00. The minimum absolute atomic E-state index is 0.255. The van der Waals surface area contributed by atoms with Gasteiger partial charge in [0.05, 0.1) is 12.6 Å². The van der Waals surface area contributed by atoms with Gasteiger partial charge < -0.3 is 14.7 Å². The first-order chi connectivity index (χ1) is 17.6. The predicted molar refractivity (Wildman–Crippen MR) is 144 cm³/mol. The fourth-order valence-electron chi connectivity index (χ4n) is 5.27. The number of aryl methyl sites for hydroxylation is 1. The fourth-order valence-corrected chi connectivity index (χ4v) is 6.00. The summed E-state index contributed by atoms with van der Waals surface area (Å²) in [6.07, 6.45) is 11.9. The van der Waals surface area contributed by atoms with E-state index in [0.717, 1.165) is 85.7 Å². The molecule has 2 aromatic heterocycles. The largest absolute Gasteiger partial charge is 0.497 e. The molecule has 0 saturated carbocycles. The predicted octanol–water partition coefficient (Wildman–Crippen LogP) is 5.34. The molecule has 1 fully saturated rings. The van der Waals surface area contributed by atoms with E-state index in [1.807, 2.05) is 24.4 Å². The molecule has 3 aromatic rings. The minimum atomic E-state index is -0.692. The Bertz CT molecular complexity index is 1110. The summed E-state index contributed by atoms with van der Waals surface area (Å²) in [7, 11) is 1.69. The molecule has 0 spiro atoms. The van der Waals surface area contributed by atoms with Crippen molar-refractivity contribution in [2.24, 2.45) is 11.8 Å². The highest BCUT2D eigenvalue weighted by atomic mass is 32.2. The maximum atomic E-state index is 11.3. The topological polar surface area (TPSA) is 88.4 Å². The van der Waals surface area contributed by atoms with E-state index in [1.54, 1.807) is 31.3 Å². The molecule has 192 valence electrons. The Morgan fingerprint density at radius 1 is 1.11 bits per heavy atom. The van der Waals surface area contributed by atoms with E-state index >= 15 is 0 Å². The number of carboxylic acids is 1. The van der Waals surface area contributed by atoms with Crippen LogP contribution in [0.3, 0.4) is 0 Å². The summed E-state index contributed by atoms with van der Waals surface area (Å²) in [5.74, 6) is 2.17. The van der Waals surface area contributed by atoms with E-state index in [9.17, 15) is 9.90 Å². The third-order valence-corrected chi connectivity index (χ3v) is 8.12. The second-order valence-corrected chi connectivity index (χ2v) is 10.6. The van der Waals surface area contributed by atoms with Crippen LogP contribution in [0, 0.1) is 11.8 Å². The fraction of sp³-hybridized carbons (Fsp3) is 0.500. The lowest BCUT2D eigenvalue weighted by Crippen LogP contribution is -2.41. The summed E-state index contributed by atoms with van der Waals surface area (Å²) in [6.45, 7) is 3.14. The van der Waals surface area contributed by atoms with Gasteiger partial charge in [-0.1, -0.05) is 11.8 Å². The summed E-state index contributed by atoms with van der Waals surface area (Å²) in [5, 5.41) is 11.3. The molecule has 0 radical (unpaired) electrons. The van der Waals surface area contributed by atoms with Crippen LogP contribution in [-0.2, 0) is 11.2 Å². The lowest BCUT2D eigenvalue weighted by molar-refractivity contribution is -0.137. The van der Waals surface area contributed by atoms with Crippen LogP contribution in [0.15, 0.2) is 54.1 Å². The van der Waals surface area contributed by atoms with Crippen molar-refractivity contribution < 1.29 is 14.6 Å². The number of fused-ring (bicyclic) bond motifs is 1. The number of hydrogen-bond acceptors (Lipinski definition) is 7. The maximum absolute atomic E-state index is 11.3. The van der Waals surface area contributed by atoms with Gasteiger partial charge in [-0.05, 0) is 99.3 Å². The van der Waals surface area contributed by atoms with E-state index < -0.39 is 5.97 Å². The van der Waals surface area contributed by atoms with Gasteiger partial charge in [-0.25, -0.2) is 9.97 Å². The van der Waals surface area contributed by atoms with Gasteiger partial charge in [-0.3, -0.25) is 9.78 Å². The first-order valence-corrected chi connectivity index (χ1v) is 13.9. The molecule has 2 atom stereocenters. The summed E-state index contributed by atoms with van der Waals surface area (Å²) < 4.78 is 5.42. The summed E-state index contributed by atoms with van der Waals surface area (Å²) >= 11 is 1.70. The van der Waals surface area contributed by atoms with E-state index in [4.69, 9.17) is 4.74 Å². The first-order valence-electron chi connectivity index (χ1n) is 12.9. The number of aromatic nitrogens is 3. The van der Waals surface area contributed by atoms with Gasteiger partial charge in [0.1, 0.15) is 5.75 Å². The number of aliphatic carboxylic acids is 1. The molecule has 7 nitrogen and oxygen atoms in total. The van der Waals surface area contributed by atoms with Crippen LogP contribution in [0.4, 0.5) is 0 Å². The van der Waals surface area contributed by atoms with Crippen molar-refractivity contribution in [3.63, 3.8) is 0 Å². The SMILES string of the molecule is COc1ccc2nccc(CCCC3CCN(CCCSc4ncccn4)CC3CCC(=O)O)c2c1. The lowest BCUT2D eigenvalue weighted by atomic mass is 9.79. The van der Waals surface area contributed by atoms with Crippen LogP contribution in [0.1, 0.15) is 44.1 Å². The van der Waals surface area contributed by atoms with Gasteiger partial charge >= 0.3 is 5.97 Å². The van der Waals surface area contributed by atoms with Crippen LogP contribution in [0.5, 0.6) is 5.75 Å². The number of hydrogen-bond donors (Lipinski definition) is 1. The van der Waals surface area contributed by atoms with E-state index in [-0.39, 0.29) is 6.42 Å². The first kappa shape index (κ1) is 26.4. The van der Waals surface area contributed by atoms with Crippen LogP contribution in [0.2, 0.25) is 0 Å². The molecular formula is C28H36N4O3S. The molecule has 8 heteroatoms. The van der Waals surface area contributed by atoms with E-state index in [1.165, 1.54) is 5.56 Å². The normalized spacial score (nSPS) is 18.4. The number of carboxylic acid groups (broad SMARTS) is 1. The highest BCUT2D eigenvalue weighted by Gasteiger charge is 2.29. The number of methoxy groups -OCH3 is 1. The number of piperidine rings is 1. The standard InChI is InChI=1S/C28H36N4O3S/c1-35-24-8-9-26-25(19-24)22(11-15-29-26)6-2-5-21-12-17-32(20-23(21)7-10-27(33)34)16-4-18-36-28-30-13-3-14-31-28/h3,8-9,11,13-15,19,21,23H,2,4-7,10,12,16-18,20H2,1H3,(H,33,34). The average Bonchev–Trinajstić information content (AvgIpc) is 2.91. The van der Waals surface area contributed by atoms with E-state index in [0.29, 0.717) is 11.8 Å². The quantitative estimate of drug-likeness (QED) is 0.188. The average molecular weight is 509 g/mol. The van der Waals surface area contributed by atoms with Crippen LogP contribution >= 0.6 is 11.8 Å². The number of carbonyl (C=O) groups is 1. The molecule has 1 N–H and O–H groups in total. The highest BCUT2D eigenvalue weighted by Crippen LogP contribution is 2.32. The van der Waals surface area contributed by atoms with Gasteiger partial charge in [0.15, 0.2) is 5.16 Å². The zero-order chi connectivity index (χ0) is 25.2. The third-order valence-electron chi connectivity index (χ3n) is 7.16. The number of thioether (sulfide) groups is 1. The van der Waals surface area contributed by atoms with Crippen molar-refractivity contribution >= 4 is 28.6 Å². The monoisotopic (exact) mass is 508 g/mol. The molecule has 1 aromatic carbocycles. The Labute approximate surface area is 217 Å². The summed E-state index contributed by atoms with van der Waals surface area (Å²) in [5.41, 5.74) is 2.30. The Morgan fingerprint density at radius 3 is 2.78 bits per heavy atom. The minimum Gasteiger partial charge on any atom is -0.497 e. The Kier molecular flexibility index (Phi) is 9.93. The number of nitrogens with zero attached hydrogens (tertiary/aromatic N) is 4. The third kappa shape index (κ3) is 7.64. The molecule has 1 aliphatic heterocycles. The Morgan fingerprint density at radius 2 is 1.97 bits per heavy atom. The molecule has 1 aliphatic rings. The smallest absolute Gasteiger partial charge is 0.303 e. The van der Waals surface area contributed by atoms with Crippen molar-refractivity contribution in [3.05, 3.63) is 54.5 Å². The molecule has 2 unspecified atom stereocenters. The maximum Gasteiger partial charge on any atom is 0.303 e.